The topological polar surface area (TPSA) is 15.8 Å². The molecule has 1 aromatic heterocycles. The van der Waals surface area contributed by atoms with E-state index in [0.717, 1.165) is 31.9 Å². The van der Waals surface area contributed by atoms with Crippen LogP contribution < -0.4 is 0 Å². The maximum absolute atomic E-state index is 5.97. The normalized spacial score (nSPS) is 10.4. The van der Waals surface area contributed by atoms with E-state index in [2.05, 4.69) is 4.98 Å². The van der Waals surface area contributed by atoms with Crippen LogP contribution in [0.1, 0.15) is 13.8 Å². The zero-order chi connectivity index (χ0) is 12.4. The first kappa shape index (κ1) is 12.3. The summed E-state index contributed by atoms with van der Waals surface area (Å²) in [5, 5.41) is 3.70. The van der Waals surface area contributed by atoms with Crippen LogP contribution in [0.5, 0.6) is 0 Å². The number of halogens is 2. The lowest BCUT2D eigenvalue weighted by atomic mass is 10.1. The van der Waals surface area contributed by atoms with Crippen molar-refractivity contribution in [2.24, 2.45) is 0 Å². The Bertz CT molecular complexity index is 599. The highest BCUT2D eigenvalue weighted by atomic mass is 35.5. The molecule has 0 aliphatic rings. The number of rotatable bonds is 0. The van der Waals surface area contributed by atoms with E-state index >= 15 is 0 Å². The van der Waals surface area contributed by atoms with Gasteiger partial charge in [0.1, 0.15) is 0 Å². The van der Waals surface area contributed by atoms with Gasteiger partial charge in [0.25, 0.3) is 0 Å². The second kappa shape index (κ2) is 4.99. The van der Waals surface area contributed by atoms with Crippen LogP contribution in [0.25, 0.3) is 21.8 Å². The Morgan fingerprint density at radius 2 is 1.18 bits per heavy atom. The molecule has 0 aliphatic carbocycles. The van der Waals surface area contributed by atoms with Crippen LogP contribution in [0.3, 0.4) is 0 Å². The summed E-state index contributed by atoms with van der Waals surface area (Å²) in [7, 11) is 0. The fraction of sp³-hybridized carbons (Fsp3) is 0.143. The molecule has 0 saturated heterocycles. The fourth-order valence-corrected chi connectivity index (χ4v) is 2.19. The van der Waals surface area contributed by atoms with Gasteiger partial charge in [0.05, 0.1) is 0 Å². The van der Waals surface area contributed by atoms with E-state index < -0.39 is 0 Å². The van der Waals surface area contributed by atoms with E-state index in [0.29, 0.717) is 0 Å². The summed E-state index contributed by atoms with van der Waals surface area (Å²) < 4.78 is 0. The lowest BCUT2D eigenvalue weighted by Gasteiger charge is -1.92. The average molecular weight is 266 g/mol. The average Bonchev–Trinajstić information content (AvgIpc) is 2.69. The van der Waals surface area contributed by atoms with Crippen molar-refractivity contribution in [1.29, 1.82) is 0 Å². The maximum atomic E-state index is 5.97. The Balaban J connectivity index is 0.000000514. The molecule has 1 heterocycles. The summed E-state index contributed by atoms with van der Waals surface area (Å²) in [6, 6.07) is 11.6. The third kappa shape index (κ3) is 2.26. The molecular formula is C14H13Cl2N. The lowest BCUT2D eigenvalue weighted by molar-refractivity contribution is 1.50. The highest BCUT2D eigenvalue weighted by molar-refractivity contribution is 6.33. The summed E-state index contributed by atoms with van der Waals surface area (Å²) in [5.74, 6) is 0. The number of aromatic amines is 1. The first-order valence-electron chi connectivity index (χ1n) is 5.60. The Labute approximate surface area is 110 Å². The summed E-state index contributed by atoms with van der Waals surface area (Å²) in [5.41, 5.74) is 2.16. The fourth-order valence-electron chi connectivity index (χ4n) is 1.84. The molecule has 3 heteroatoms. The van der Waals surface area contributed by atoms with Crippen LogP contribution in [0.2, 0.25) is 10.0 Å². The van der Waals surface area contributed by atoms with Crippen LogP contribution in [-0.2, 0) is 0 Å². The molecule has 0 unspecified atom stereocenters. The zero-order valence-electron chi connectivity index (χ0n) is 9.72. The predicted octanol–water partition coefficient (Wildman–Crippen LogP) is 5.65. The van der Waals surface area contributed by atoms with Crippen molar-refractivity contribution in [1.82, 2.24) is 4.98 Å². The number of hydrogen-bond donors (Lipinski definition) is 1. The van der Waals surface area contributed by atoms with Crippen LogP contribution in [-0.4, -0.2) is 4.98 Å². The van der Waals surface area contributed by atoms with Crippen molar-refractivity contribution < 1.29 is 0 Å². The summed E-state index contributed by atoms with van der Waals surface area (Å²) in [6.07, 6.45) is 0. The van der Waals surface area contributed by atoms with Crippen LogP contribution in [0.15, 0.2) is 36.4 Å². The van der Waals surface area contributed by atoms with E-state index in [-0.39, 0.29) is 0 Å². The number of aromatic nitrogens is 1. The third-order valence-corrected chi connectivity index (χ3v) is 2.99. The Hall–Kier alpha value is -1.18. The highest BCUT2D eigenvalue weighted by Crippen LogP contribution is 2.29. The van der Waals surface area contributed by atoms with E-state index in [1.165, 1.54) is 0 Å². The second-order valence-electron chi connectivity index (χ2n) is 3.50. The molecule has 0 atom stereocenters. The number of H-pyrrole nitrogens is 1. The Kier molecular flexibility index (Phi) is 3.60. The number of fused-ring (bicyclic) bond motifs is 3. The molecule has 0 spiro atoms. The van der Waals surface area contributed by atoms with Crippen molar-refractivity contribution in [3.05, 3.63) is 46.4 Å². The van der Waals surface area contributed by atoms with Gasteiger partial charge in [0, 0.05) is 31.9 Å². The van der Waals surface area contributed by atoms with Crippen molar-refractivity contribution in [3.63, 3.8) is 0 Å². The van der Waals surface area contributed by atoms with Crippen molar-refractivity contribution in [2.45, 2.75) is 13.8 Å². The predicted molar refractivity (Wildman–Crippen MR) is 77.2 cm³/mol. The molecule has 0 fully saturated rings. The van der Waals surface area contributed by atoms with Gasteiger partial charge < -0.3 is 4.98 Å². The van der Waals surface area contributed by atoms with Gasteiger partial charge in [-0.15, -0.1) is 0 Å². The van der Waals surface area contributed by atoms with Gasteiger partial charge in [0.2, 0.25) is 0 Å². The van der Waals surface area contributed by atoms with Gasteiger partial charge in [-0.3, -0.25) is 0 Å². The highest BCUT2D eigenvalue weighted by Gasteiger charge is 2.04. The SMILES string of the molecule is CC.Clc1ccc2[nH]c3ccc(Cl)cc3c2c1. The molecule has 0 aliphatic heterocycles. The van der Waals surface area contributed by atoms with Crippen molar-refractivity contribution >= 4 is 45.0 Å². The van der Waals surface area contributed by atoms with E-state index in [1.807, 2.05) is 50.2 Å². The molecular weight excluding hydrogens is 253 g/mol. The molecule has 2 aromatic carbocycles. The van der Waals surface area contributed by atoms with E-state index in [4.69, 9.17) is 23.2 Å². The molecule has 0 radical (unpaired) electrons. The van der Waals surface area contributed by atoms with Gasteiger partial charge in [-0.2, -0.15) is 0 Å². The molecule has 3 rings (SSSR count). The minimum absolute atomic E-state index is 0.739. The van der Waals surface area contributed by atoms with Gasteiger partial charge in [-0.1, -0.05) is 37.0 Å². The van der Waals surface area contributed by atoms with Crippen molar-refractivity contribution in [2.75, 3.05) is 0 Å². The summed E-state index contributed by atoms with van der Waals surface area (Å²) in [6.45, 7) is 4.00. The van der Waals surface area contributed by atoms with Gasteiger partial charge in [-0.05, 0) is 36.4 Å². The second-order valence-corrected chi connectivity index (χ2v) is 4.38. The summed E-state index contributed by atoms with van der Waals surface area (Å²) in [4.78, 5) is 3.32. The summed E-state index contributed by atoms with van der Waals surface area (Å²) >= 11 is 11.9. The first-order chi connectivity index (χ1) is 8.24. The molecule has 88 valence electrons. The monoisotopic (exact) mass is 265 g/mol. The molecule has 1 N–H and O–H groups in total. The molecule has 3 aromatic rings. The van der Waals surface area contributed by atoms with Crippen LogP contribution >= 0.6 is 23.2 Å². The molecule has 0 saturated carbocycles. The maximum Gasteiger partial charge on any atom is 0.0465 e. The standard InChI is InChI=1S/C12H7Cl2N.C2H6/c13-7-1-3-11-9(5-7)10-6-8(14)2-4-12(10)15-11;1-2/h1-6,15H;1-2H3. The van der Waals surface area contributed by atoms with Crippen molar-refractivity contribution in [3.8, 4) is 0 Å². The van der Waals surface area contributed by atoms with Gasteiger partial charge >= 0.3 is 0 Å². The molecule has 17 heavy (non-hydrogen) atoms. The molecule has 1 nitrogen and oxygen atoms in total. The smallest absolute Gasteiger partial charge is 0.0465 e. The Morgan fingerprint density at radius 1 is 0.765 bits per heavy atom. The molecule has 0 bridgehead atoms. The number of hydrogen-bond acceptors (Lipinski definition) is 0. The molecule has 0 amide bonds. The minimum Gasteiger partial charge on any atom is -0.355 e. The first-order valence-corrected chi connectivity index (χ1v) is 6.36. The van der Waals surface area contributed by atoms with E-state index in [9.17, 15) is 0 Å². The van der Waals surface area contributed by atoms with Crippen LogP contribution in [0.4, 0.5) is 0 Å². The third-order valence-electron chi connectivity index (χ3n) is 2.52. The number of nitrogens with one attached hydrogen (secondary N) is 1. The lowest BCUT2D eigenvalue weighted by Crippen LogP contribution is -1.67. The van der Waals surface area contributed by atoms with Gasteiger partial charge in [0.15, 0.2) is 0 Å². The van der Waals surface area contributed by atoms with Crippen LogP contribution in [0, 0.1) is 0 Å². The number of benzene rings is 2. The largest absolute Gasteiger partial charge is 0.355 e. The quantitative estimate of drug-likeness (QED) is 0.540. The van der Waals surface area contributed by atoms with E-state index in [1.54, 1.807) is 0 Å². The minimum atomic E-state index is 0.739. The zero-order valence-corrected chi connectivity index (χ0v) is 11.2. The Morgan fingerprint density at radius 3 is 1.59 bits per heavy atom. The van der Waals surface area contributed by atoms with Gasteiger partial charge in [-0.25, -0.2) is 0 Å².